The van der Waals surface area contributed by atoms with Gasteiger partial charge in [-0.3, -0.25) is 4.79 Å². The minimum atomic E-state index is -0.122. The second kappa shape index (κ2) is 4.49. The summed E-state index contributed by atoms with van der Waals surface area (Å²) >= 11 is 0. The van der Waals surface area contributed by atoms with Crippen molar-refractivity contribution >= 4 is 5.82 Å². The lowest BCUT2D eigenvalue weighted by atomic mass is 9.75. The fraction of sp³-hybridized carbons (Fsp3) is 0.667. The molecule has 5 heteroatoms. The number of anilines is 1. The Balaban J connectivity index is 2.14. The smallest absolute Gasteiger partial charge is 0.290 e. The summed E-state index contributed by atoms with van der Waals surface area (Å²) in [7, 11) is 6.15. The topological polar surface area (TPSA) is 52.2 Å². The van der Waals surface area contributed by atoms with E-state index in [1.165, 1.54) is 19.3 Å². The quantitative estimate of drug-likeness (QED) is 0.835. The molecule has 0 atom stereocenters. The molecule has 1 fully saturated rings. The molecule has 17 heavy (non-hydrogen) atoms. The van der Waals surface area contributed by atoms with Gasteiger partial charge in [0.25, 0.3) is 5.56 Å². The van der Waals surface area contributed by atoms with Crippen LogP contribution < -0.4 is 10.5 Å². The van der Waals surface area contributed by atoms with E-state index in [2.05, 4.69) is 29.0 Å². The van der Waals surface area contributed by atoms with Crippen LogP contribution in [0.4, 0.5) is 5.82 Å². The van der Waals surface area contributed by atoms with Gasteiger partial charge >= 0.3 is 0 Å². The van der Waals surface area contributed by atoms with Gasteiger partial charge in [0, 0.05) is 31.5 Å². The van der Waals surface area contributed by atoms with E-state index in [1.807, 2.05) is 11.9 Å². The standard InChI is InChI=1S/C12H20N4O/c1-15(2)12(5-4-6-12)9-16(3)10-11(17)14-8-7-13-10/h7-8H,4-6,9H2,1-3H3,(H,14,17). The molecule has 1 aromatic rings. The van der Waals surface area contributed by atoms with Crippen LogP contribution in [0.15, 0.2) is 17.2 Å². The van der Waals surface area contributed by atoms with E-state index in [4.69, 9.17) is 0 Å². The fourth-order valence-electron chi connectivity index (χ4n) is 2.46. The lowest BCUT2D eigenvalue weighted by Gasteiger charge is -2.49. The molecule has 1 aromatic heterocycles. The van der Waals surface area contributed by atoms with Gasteiger partial charge in [-0.1, -0.05) is 0 Å². The molecular formula is C12H20N4O. The molecule has 1 aliphatic carbocycles. The first-order chi connectivity index (χ1) is 8.05. The first-order valence-electron chi connectivity index (χ1n) is 5.97. The number of aromatic nitrogens is 2. The van der Waals surface area contributed by atoms with Crippen LogP contribution in [0.25, 0.3) is 0 Å². The van der Waals surface area contributed by atoms with E-state index in [1.54, 1.807) is 12.4 Å². The second-order valence-electron chi connectivity index (χ2n) is 5.07. The molecule has 0 saturated heterocycles. The van der Waals surface area contributed by atoms with Crippen LogP contribution in [0.1, 0.15) is 19.3 Å². The zero-order valence-corrected chi connectivity index (χ0v) is 10.7. The Morgan fingerprint density at radius 1 is 1.41 bits per heavy atom. The maximum atomic E-state index is 11.6. The van der Waals surface area contributed by atoms with Crippen LogP contribution in [-0.2, 0) is 0 Å². The van der Waals surface area contributed by atoms with Gasteiger partial charge in [0.1, 0.15) is 0 Å². The minimum absolute atomic E-state index is 0.122. The lowest BCUT2D eigenvalue weighted by Crippen LogP contribution is -2.57. The molecule has 1 aliphatic rings. The second-order valence-corrected chi connectivity index (χ2v) is 5.07. The molecule has 5 nitrogen and oxygen atoms in total. The van der Waals surface area contributed by atoms with E-state index in [-0.39, 0.29) is 11.1 Å². The number of aromatic amines is 1. The van der Waals surface area contributed by atoms with Crippen LogP contribution >= 0.6 is 0 Å². The Kier molecular flexibility index (Phi) is 3.19. The van der Waals surface area contributed by atoms with Gasteiger partial charge in [-0.2, -0.15) is 0 Å². The van der Waals surface area contributed by atoms with Crippen molar-refractivity contribution in [3.05, 3.63) is 22.7 Å². The normalized spacial score (nSPS) is 17.9. The maximum absolute atomic E-state index is 11.6. The van der Waals surface area contributed by atoms with E-state index in [9.17, 15) is 4.79 Å². The highest BCUT2D eigenvalue weighted by Crippen LogP contribution is 2.36. The molecule has 0 radical (unpaired) electrons. The number of hydrogen-bond donors (Lipinski definition) is 1. The number of H-pyrrole nitrogens is 1. The average molecular weight is 236 g/mol. The van der Waals surface area contributed by atoms with Crippen LogP contribution in [0.3, 0.4) is 0 Å². The van der Waals surface area contributed by atoms with Gasteiger partial charge in [0.05, 0.1) is 0 Å². The van der Waals surface area contributed by atoms with Crippen molar-refractivity contribution in [2.45, 2.75) is 24.8 Å². The van der Waals surface area contributed by atoms with E-state index >= 15 is 0 Å². The summed E-state index contributed by atoms with van der Waals surface area (Å²) in [6.07, 6.45) is 6.83. The van der Waals surface area contributed by atoms with E-state index < -0.39 is 0 Å². The summed E-state index contributed by atoms with van der Waals surface area (Å²) in [6.45, 7) is 0.847. The SMILES string of the molecule is CN(CC1(N(C)C)CCC1)c1ncc[nH]c1=O. The Labute approximate surface area is 101 Å². The van der Waals surface area contributed by atoms with Crippen molar-refractivity contribution in [1.29, 1.82) is 0 Å². The molecule has 0 amide bonds. The van der Waals surface area contributed by atoms with Gasteiger partial charge in [0.2, 0.25) is 0 Å². The molecule has 2 rings (SSSR count). The average Bonchev–Trinajstić information content (AvgIpc) is 2.23. The molecule has 0 bridgehead atoms. The number of nitrogens with one attached hydrogen (secondary N) is 1. The third-order valence-corrected chi connectivity index (χ3v) is 3.81. The molecule has 0 aliphatic heterocycles. The predicted octanol–water partition coefficient (Wildman–Crippen LogP) is 0.690. The predicted molar refractivity (Wildman–Crippen MR) is 68.4 cm³/mol. The van der Waals surface area contributed by atoms with Crippen molar-refractivity contribution in [2.24, 2.45) is 0 Å². The Morgan fingerprint density at radius 2 is 2.12 bits per heavy atom. The number of hydrogen-bond acceptors (Lipinski definition) is 4. The van der Waals surface area contributed by atoms with Gasteiger partial charge in [-0.05, 0) is 33.4 Å². The summed E-state index contributed by atoms with van der Waals surface area (Å²) in [5, 5.41) is 0. The minimum Gasteiger partial charge on any atom is -0.353 e. The van der Waals surface area contributed by atoms with Crippen molar-refractivity contribution in [3.63, 3.8) is 0 Å². The largest absolute Gasteiger partial charge is 0.353 e. The van der Waals surface area contributed by atoms with Crippen LogP contribution in [-0.4, -0.2) is 48.1 Å². The highest BCUT2D eigenvalue weighted by atomic mass is 16.1. The monoisotopic (exact) mass is 236 g/mol. The third kappa shape index (κ3) is 2.20. The van der Waals surface area contributed by atoms with Gasteiger partial charge in [-0.15, -0.1) is 0 Å². The number of rotatable bonds is 4. The highest BCUT2D eigenvalue weighted by Gasteiger charge is 2.40. The first kappa shape index (κ1) is 12.1. The van der Waals surface area contributed by atoms with Crippen LogP contribution in [0.5, 0.6) is 0 Å². The lowest BCUT2D eigenvalue weighted by molar-refractivity contribution is 0.0681. The molecular weight excluding hydrogens is 216 g/mol. The van der Waals surface area contributed by atoms with Crippen molar-refractivity contribution in [3.8, 4) is 0 Å². The third-order valence-electron chi connectivity index (χ3n) is 3.81. The summed E-state index contributed by atoms with van der Waals surface area (Å²) in [6, 6.07) is 0. The van der Waals surface area contributed by atoms with E-state index in [0.717, 1.165) is 6.54 Å². The fourth-order valence-corrected chi connectivity index (χ4v) is 2.46. The maximum Gasteiger partial charge on any atom is 0.290 e. The Hall–Kier alpha value is -1.36. The molecule has 0 unspecified atom stereocenters. The zero-order valence-electron chi connectivity index (χ0n) is 10.7. The molecule has 1 saturated carbocycles. The van der Waals surface area contributed by atoms with Crippen molar-refractivity contribution in [1.82, 2.24) is 14.9 Å². The molecule has 1 heterocycles. The molecule has 1 N–H and O–H groups in total. The zero-order chi connectivity index (χ0) is 12.5. The van der Waals surface area contributed by atoms with Gasteiger partial charge in [0.15, 0.2) is 5.82 Å². The summed E-state index contributed by atoms with van der Waals surface area (Å²) in [4.78, 5) is 22.7. The number of likely N-dealkylation sites (N-methyl/N-ethyl adjacent to an activating group) is 2. The molecule has 0 aromatic carbocycles. The summed E-state index contributed by atoms with van der Waals surface area (Å²) in [5.41, 5.74) is 0.0850. The van der Waals surface area contributed by atoms with Crippen molar-refractivity contribution in [2.75, 3.05) is 32.6 Å². The van der Waals surface area contributed by atoms with Gasteiger partial charge < -0.3 is 14.8 Å². The summed E-state index contributed by atoms with van der Waals surface area (Å²) < 4.78 is 0. The molecule has 0 spiro atoms. The van der Waals surface area contributed by atoms with Gasteiger partial charge in [-0.25, -0.2) is 4.98 Å². The highest BCUT2D eigenvalue weighted by molar-refractivity contribution is 5.35. The molecule has 94 valence electrons. The van der Waals surface area contributed by atoms with Crippen molar-refractivity contribution < 1.29 is 0 Å². The summed E-state index contributed by atoms with van der Waals surface area (Å²) in [5.74, 6) is 0.501. The number of nitrogens with zero attached hydrogens (tertiary/aromatic N) is 3. The van der Waals surface area contributed by atoms with E-state index in [0.29, 0.717) is 5.82 Å². The Morgan fingerprint density at radius 3 is 2.59 bits per heavy atom. The first-order valence-corrected chi connectivity index (χ1v) is 5.97. The Bertz CT molecular complexity index is 436. The van der Waals surface area contributed by atoms with Crippen LogP contribution in [0.2, 0.25) is 0 Å². The van der Waals surface area contributed by atoms with Crippen LogP contribution in [0, 0.1) is 0 Å².